The third kappa shape index (κ3) is 2.33. The van der Waals surface area contributed by atoms with Gasteiger partial charge >= 0.3 is 0 Å². The van der Waals surface area contributed by atoms with Crippen molar-refractivity contribution in [3.63, 3.8) is 0 Å². The highest BCUT2D eigenvalue weighted by Gasteiger charge is 2.32. The van der Waals surface area contributed by atoms with Crippen LogP contribution < -0.4 is 5.32 Å². The fraction of sp³-hybridized carbons (Fsp3) is 0.467. The van der Waals surface area contributed by atoms with Crippen LogP contribution >= 0.6 is 0 Å². The number of halogens is 1. The lowest BCUT2D eigenvalue weighted by atomic mass is 10.0. The van der Waals surface area contributed by atoms with Gasteiger partial charge in [0, 0.05) is 11.6 Å². The molecule has 1 aromatic carbocycles. The summed E-state index contributed by atoms with van der Waals surface area (Å²) in [6.45, 7) is 1.85. The third-order valence-corrected chi connectivity index (χ3v) is 4.08. The number of hydrogen-bond donors (Lipinski definition) is 1. The first-order valence-electron chi connectivity index (χ1n) is 6.96. The normalized spacial score (nSPS) is 22.4. The predicted octanol–water partition coefficient (Wildman–Crippen LogP) is 3.04. The largest absolute Gasteiger partial charge is 0.339 e. The van der Waals surface area contributed by atoms with E-state index in [2.05, 4.69) is 15.5 Å². The molecule has 1 heterocycles. The molecule has 2 unspecified atom stereocenters. The van der Waals surface area contributed by atoms with Gasteiger partial charge in [-0.15, -0.1) is 0 Å². The summed E-state index contributed by atoms with van der Waals surface area (Å²) in [4.78, 5) is 4.51. The number of hydrogen-bond acceptors (Lipinski definition) is 4. The molecule has 4 nitrogen and oxygen atoms in total. The van der Waals surface area contributed by atoms with Crippen molar-refractivity contribution in [2.75, 3.05) is 7.05 Å². The Morgan fingerprint density at radius 3 is 2.95 bits per heavy atom. The maximum absolute atomic E-state index is 13.1. The summed E-state index contributed by atoms with van der Waals surface area (Å²) < 4.78 is 18.6. The fourth-order valence-corrected chi connectivity index (χ4v) is 2.97. The Balaban J connectivity index is 1.90. The van der Waals surface area contributed by atoms with Crippen LogP contribution in [-0.2, 0) is 0 Å². The Hall–Kier alpha value is -1.75. The van der Waals surface area contributed by atoms with E-state index < -0.39 is 0 Å². The smallest absolute Gasteiger partial charge is 0.231 e. The van der Waals surface area contributed by atoms with Gasteiger partial charge in [-0.2, -0.15) is 4.98 Å². The highest BCUT2D eigenvalue weighted by atomic mass is 19.1. The molecule has 2 atom stereocenters. The summed E-state index contributed by atoms with van der Waals surface area (Å²) in [6.07, 6.45) is 3.37. The molecule has 20 heavy (non-hydrogen) atoms. The number of rotatable bonds is 3. The van der Waals surface area contributed by atoms with E-state index in [0.717, 1.165) is 24.0 Å². The van der Waals surface area contributed by atoms with Crippen molar-refractivity contribution in [2.24, 2.45) is 0 Å². The Morgan fingerprint density at radius 2 is 2.20 bits per heavy atom. The zero-order chi connectivity index (χ0) is 14.1. The average Bonchev–Trinajstić information content (AvgIpc) is 3.06. The van der Waals surface area contributed by atoms with Crippen LogP contribution in [0.2, 0.25) is 0 Å². The number of nitrogens with zero attached hydrogens (tertiary/aromatic N) is 2. The quantitative estimate of drug-likeness (QED) is 0.935. The molecule has 0 saturated heterocycles. The lowest BCUT2D eigenvalue weighted by Gasteiger charge is -2.14. The van der Waals surface area contributed by atoms with Crippen LogP contribution in [0.5, 0.6) is 0 Å². The van der Waals surface area contributed by atoms with Crippen molar-refractivity contribution < 1.29 is 8.91 Å². The summed E-state index contributed by atoms with van der Waals surface area (Å²) in [5.74, 6) is 1.25. The number of benzene rings is 1. The molecule has 1 aliphatic carbocycles. The van der Waals surface area contributed by atoms with E-state index in [-0.39, 0.29) is 11.7 Å². The molecule has 0 radical (unpaired) electrons. The Labute approximate surface area is 117 Å². The first-order chi connectivity index (χ1) is 9.69. The van der Waals surface area contributed by atoms with E-state index in [1.54, 1.807) is 6.07 Å². The van der Waals surface area contributed by atoms with Crippen LogP contribution in [0, 0.1) is 12.7 Å². The SMILES string of the molecule is CNC1CCCC1c1nc(-c2ccc(F)cc2C)no1. The Bertz CT molecular complexity index is 611. The molecular formula is C15H18FN3O. The number of aryl methyl sites for hydroxylation is 1. The molecule has 3 rings (SSSR count). The van der Waals surface area contributed by atoms with E-state index in [1.165, 1.54) is 18.6 Å². The van der Waals surface area contributed by atoms with E-state index in [1.807, 2.05) is 14.0 Å². The molecule has 1 fully saturated rings. The van der Waals surface area contributed by atoms with Gasteiger partial charge in [-0.25, -0.2) is 4.39 Å². The molecule has 1 aromatic heterocycles. The fourth-order valence-electron chi connectivity index (χ4n) is 2.97. The van der Waals surface area contributed by atoms with Crippen LogP contribution in [0.25, 0.3) is 11.4 Å². The summed E-state index contributed by atoms with van der Waals surface area (Å²) >= 11 is 0. The topological polar surface area (TPSA) is 51.0 Å². The first-order valence-corrected chi connectivity index (χ1v) is 6.96. The maximum Gasteiger partial charge on any atom is 0.231 e. The molecule has 0 spiro atoms. The predicted molar refractivity (Wildman–Crippen MR) is 73.9 cm³/mol. The van der Waals surface area contributed by atoms with Crippen molar-refractivity contribution in [1.29, 1.82) is 0 Å². The Kier molecular flexibility index (Phi) is 3.53. The molecule has 1 N–H and O–H groups in total. The van der Waals surface area contributed by atoms with Gasteiger partial charge in [0.1, 0.15) is 5.82 Å². The van der Waals surface area contributed by atoms with Gasteiger partial charge in [-0.1, -0.05) is 11.6 Å². The van der Waals surface area contributed by atoms with E-state index in [4.69, 9.17) is 4.52 Å². The second-order valence-electron chi connectivity index (χ2n) is 5.35. The monoisotopic (exact) mass is 275 g/mol. The van der Waals surface area contributed by atoms with Gasteiger partial charge in [0.2, 0.25) is 11.7 Å². The van der Waals surface area contributed by atoms with Crippen LogP contribution in [-0.4, -0.2) is 23.2 Å². The van der Waals surface area contributed by atoms with Gasteiger partial charge in [0.05, 0.1) is 5.92 Å². The minimum atomic E-state index is -0.249. The van der Waals surface area contributed by atoms with Crippen molar-refractivity contribution >= 4 is 0 Å². The number of likely N-dealkylation sites (N-methyl/N-ethyl adjacent to an activating group) is 1. The molecule has 1 aliphatic rings. The van der Waals surface area contributed by atoms with Gasteiger partial charge in [0.25, 0.3) is 0 Å². The second kappa shape index (κ2) is 5.32. The zero-order valence-electron chi connectivity index (χ0n) is 11.7. The van der Waals surface area contributed by atoms with Gasteiger partial charge < -0.3 is 9.84 Å². The van der Waals surface area contributed by atoms with E-state index >= 15 is 0 Å². The molecule has 106 valence electrons. The van der Waals surface area contributed by atoms with Crippen LogP contribution in [0.15, 0.2) is 22.7 Å². The van der Waals surface area contributed by atoms with Gasteiger partial charge in [-0.05, 0) is 50.6 Å². The maximum atomic E-state index is 13.1. The van der Waals surface area contributed by atoms with Crippen molar-refractivity contribution in [3.8, 4) is 11.4 Å². The minimum Gasteiger partial charge on any atom is -0.339 e. The van der Waals surface area contributed by atoms with Crippen LogP contribution in [0.4, 0.5) is 4.39 Å². The van der Waals surface area contributed by atoms with Gasteiger partial charge in [0.15, 0.2) is 0 Å². The van der Waals surface area contributed by atoms with Gasteiger partial charge in [-0.3, -0.25) is 0 Å². The van der Waals surface area contributed by atoms with Crippen molar-refractivity contribution in [2.45, 2.75) is 38.1 Å². The Morgan fingerprint density at radius 1 is 1.35 bits per heavy atom. The van der Waals surface area contributed by atoms with E-state index in [9.17, 15) is 4.39 Å². The molecule has 0 aliphatic heterocycles. The van der Waals surface area contributed by atoms with E-state index in [0.29, 0.717) is 17.8 Å². The number of aromatic nitrogens is 2. The highest BCUT2D eigenvalue weighted by Crippen LogP contribution is 2.34. The van der Waals surface area contributed by atoms with Crippen molar-refractivity contribution in [3.05, 3.63) is 35.5 Å². The highest BCUT2D eigenvalue weighted by molar-refractivity contribution is 5.59. The lowest BCUT2D eigenvalue weighted by molar-refractivity contribution is 0.335. The standard InChI is InChI=1S/C15H18FN3O/c1-9-8-10(16)6-7-11(9)14-18-15(20-19-14)12-4-3-5-13(12)17-2/h6-8,12-13,17H,3-5H2,1-2H3. The van der Waals surface area contributed by atoms with Crippen LogP contribution in [0.1, 0.15) is 36.6 Å². The molecule has 2 aromatic rings. The lowest BCUT2D eigenvalue weighted by Crippen LogP contribution is -2.27. The molecule has 1 saturated carbocycles. The minimum absolute atomic E-state index is 0.249. The first kappa shape index (κ1) is 13.2. The zero-order valence-corrected chi connectivity index (χ0v) is 11.7. The molecule has 0 amide bonds. The summed E-state index contributed by atoms with van der Waals surface area (Å²) in [5.41, 5.74) is 1.63. The summed E-state index contributed by atoms with van der Waals surface area (Å²) in [6, 6.07) is 5.00. The van der Waals surface area contributed by atoms with Crippen LogP contribution in [0.3, 0.4) is 0 Å². The summed E-state index contributed by atoms with van der Waals surface area (Å²) in [5, 5.41) is 7.36. The average molecular weight is 275 g/mol. The molecule has 0 bridgehead atoms. The molecular weight excluding hydrogens is 257 g/mol. The number of nitrogens with one attached hydrogen (secondary N) is 1. The second-order valence-corrected chi connectivity index (χ2v) is 5.35. The third-order valence-electron chi connectivity index (χ3n) is 4.08. The summed E-state index contributed by atoms with van der Waals surface area (Å²) in [7, 11) is 1.96. The molecule has 5 heteroatoms. The van der Waals surface area contributed by atoms with Crippen molar-refractivity contribution in [1.82, 2.24) is 15.5 Å².